The summed E-state index contributed by atoms with van der Waals surface area (Å²) >= 11 is 0. The summed E-state index contributed by atoms with van der Waals surface area (Å²) in [6, 6.07) is 6.54. The zero-order chi connectivity index (χ0) is 15.2. The van der Waals surface area contributed by atoms with Gasteiger partial charge in [-0.1, -0.05) is 6.07 Å². The summed E-state index contributed by atoms with van der Waals surface area (Å²) in [6.07, 6.45) is 2.52. The third-order valence-corrected chi connectivity index (χ3v) is 3.43. The number of methoxy groups -OCH3 is 1. The molecule has 114 valence electrons. The lowest BCUT2D eigenvalue weighted by Crippen LogP contribution is -2.39. The molecule has 0 aliphatic carbocycles. The molecule has 1 unspecified atom stereocenters. The van der Waals surface area contributed by atoms with Crippen LogP contribution in [-0.4, -0.2) is 38.1 Å². The summed E-state index contributed by atoms with van der Waals surface area (Å²) < 4.78 is 4.86. The zero-order valence-electron chi connectivity index (χ0n) is 12.2. The van der Waals surface area contributed by atoms with E-state index in [0.717, 1.165) is 25.1 Å². The van der Waals surface area contributed by atoms with E-state index in [9.17, 15) is 9.59 Å². The Balaban J connectivity index is 2.07. The Labute approximate surface area is 124 Å². The van der Waals surface area contributed by atoms with E-state index in [2.05, 4.69) is 5.32 Å². The van der Waals surface area contributed by atoms with Crippen LogP contribution in [0.3, 0.4) is 0 Å². The van der Waals surface area contributed by atoms with E-state index >= 15 is 0 Å². The maximum absolute atomic E-state index is 11.9. The van der Waals surface area contributed by atoms with E-state index in [0.29, 0.717) is 12.1 Å². The molecule has 0 bridgehead atoms. The highest BCUT2D eigenvalue weighted by molar-refractivity contribution is 5.97. The van der Waals surface area contributed by atoms with Crippen molar-refractivity contribution in [3.63, 3.8) is 0 Å². The van der Waals surface area contributed by atoms with Crippen molar-refractivity contribution < 1.29 is 14.3 Å². The number of ether oxygens (including phenoxy) is 1. The number of benzene rings is 1. The van der Waals surface area contributed by atoms with Crippen LogP contribution in [0.5, 0.6) is 0 Å². The van der Waals surface area contributed by atoms with Crippen molar-refractivity contribution in [2.24, 2.45) is 5.73 Å². The second kappa shape index (κ2) is 7.19. The lowest BCUT2D eigenvalue weighted by atomic mass is 10.1. The second-order valence-electron chi connectivity index (χ2n) is 5.10. The molecule has 0 radical (unpaired) electrons. The molecule has 1 atom stereocenters. The zero-order valence-corrected chi connectivity index (χ0v) is 12.2. The first kappa shape index (κ1) is 15.5. The molecule has 3 N–H and O–H groups in total. The average molecular weight is 291 g/mol. The first-order valence-electron chi connectivity index (χ1n) is 7.07. The van der Waals surface area contributed by atoms with Crippen LogP contribution < -0.4 is 16.0 Å². The Bertz CT molecular complexity index is 519. The lowest BCUT2D eigenvalue weighted by molar-refractivity contribution is -0.119. The summed E-state index contributed by atoms with van der Waals surface area (Å²) in [5.41, 5.74) is 7.11. The maximum Gasteiger partial charge on any atom is 0.243 e. The smallest absolute Gasteiger partial charge is 0.243 e. The number of hydrogen-bond acceptors (Lipinski definition) is 4. The lowest BCUT2D eigenvalue weighted by Gasteiger charge is -2.27. The number of anilines is 2. The van der Waals surface area contributed by atoms with E-state index in [4.69, 9.17) is 10.5 Å². The topological polar surface area (TPSA) is 84.7 Å². The third-order valence-electron chi connectivity index (χ3n) is 3.43. The fraction of sp³-hybridized carbons (Fsp3) is 0.467. The van der Waals surface area contributed by atoms with Gasteiger partial charge in [-0.25, -0.2) is 0 Å². The predicted octanol–water partition coefficient (Wildman–Crippen LogP) is 1.12. The molecule has 1 aromatic rings. The van der Waals surface area contributed by atoms with Gasteiger partial charge in [-0.15, -0.1) is 0 Å². The normalized spacial score (nSPS) is 16.7. The molecule has 1 aliphatic rings. The van der Waals surface area contributed by atoms with Crippen molar-refractivity contribution in [2.45, 2.75) is 25.3 Å². The van der Waals surface area contributed by atoms with Gasteiger partial charge in [-0.3, -0.25) is 9.59 Å². The summed E-state index contributed by atoms with van der Waals surface area (Å²) in [7, 11) is 1.50. The van der Waals surface area contributed by atoms with Gasteiger partial charge in [0.15, 0.2) is 0 Å². The van der Waals surface area contributed by atoms with Gasteiger partial charge in [0.2, 0.25) is 11.8 Å². The van der Waals surface area contributed by atoms with Gasteiger partial charge in [0.25, 0.3) is 0 Å². The van der Waals surface area contributed by atoms with Crippen molar-refractivity contribution >= 4 is 23.2 Å². The highest BCUT2D eigenvalue weighted by Crippen LogP contribution is 2.23. The molecule has 2 amide bonds. The molecule has 0 saturated carbocycles. The van der Waals surface area contributed by atoms with E-state index < -0.39 is 6.04 Å². The molecule has 1 fully saturated rings. The van der Waals surface area contributed by atoms with E-state index in [1.54, 1.807) is 17.0 Å². The Morgan fingerprint density at radius 2 is 2.29 bits per heavy atom. The quantitative estimate of drug-likeness (QED) is 0.851. The number of carbonyl (C=O) groups excluding carboxylic acids is 2. The monoisotopic (exact) mass is 291 g/mol. The SMILES string of the molecule is COCC(N)C(=O)Nc1cccc(N2CCCCC2=O)c1. The summed E-state index contributed by atoms with van der Waals surface area (Å²) in [5, 5.41) is 2.74. The molecule has 2 rings (SSSR count). The van der Waals surface area contributed by atoms with E-state index in [-0.39, 0.29) is 18.4 Å². The fourth-order valence-corrected chi connectivity index (χ4v) is 2.32. The minimum atomic E-state index is -0.713. The van der Waals surface area contributed by atoms with Gasteiger partial charge in [0, 0.05) is 31.5 Å². The van der Waals surface area contributed by atoms with Crippen LogP contribution >= 0.6 is 0 Å². The van der Waals surface area contributed by atoms with Crippen LogP contribution in [0.1, 0.15) is 19.3 Å². The van der Waals surface area contributed by atoms with Gasteiger partial charge in [0.05, 0.1) is 6.61 Å². The summed E-state index contributed by atoms with van der Waals surface area (Å²) in [4.78, 5) is 25.5. The second-order valence-corrected chi connectivity index (χ2v) is 5.10. The number of nitrogens with zero attached hydrogens (tertiary/aromatic N) is 1. The van der Waals surface area contributed by atoms with Gasteiger partial charge in [0.1, 0.15) is 6.04 Å². The molecule has 1 aromatic carbocycles. The van der Waals surface area contributed by atoms with Crippen LogP contribution in [0.25, 0.3) is 0 Å². The molecular weight excluding hydrogens is 270 g/mol. The first-order chi connectivity index (χ1) is 10.1. The standard InChI is InChI=1S/C15H21N3O3/c1-21-10-13(16)15(20)17-11-5-4-6-12(9-11)18-8-3-2-7-14(18)19/h4-6,9,13H,2-3,7-8,10,16H2,1H3,(H,17,20). The minimum Gasteiger partial charge on any atom is -0.383 e. The Kier molecular flexibility index (Phi) is 5.30. The van der Waals surface area contributed by atoms with E-state index in [1.165, 1.54) is 7.11 Å². The average Bonchev–Trinajstić information content (AvgIpc) is 2.48. The first-order valence-corrected chi connectivity index (χ1v) is 7.07. The fourth-order valence-electron chi connectivity index (χ4n) is 2.32. The minimum absolute atomic E-state index is 0.126. The van der Waals surface area contributed by atoms with Crippen molar-refractivity contribution in [3.05, 3.63) is 24.3 Å². The van der Waals surface area contributed by atoms with Crippen LogP contribution in [0, 0.1) is 0 Å². The van der Waals surface area contributed by atoms with Crippen LogP contribution in [0.4, 0.5) is 11.4 Å². The maximum atomic E-state index is 11.9. The van der Waals surface area contributed by atoms with Crippen LogP contribution in [0.2, 0.25) is 0 Å². The molecule has 21 heavy (non-hydrogen) atoms. The van der Waals surface area contributed by atoms with E-state index in [1.807, 2.05) is 12.1 Å². The number of nitrogens with one attached hydrogen (secondary N) is 1. The molecule has 1 heterocycles. The largest absolute Gasteiger partial charge is 0.383 e. The van der Waals surface area contributed by atoms with Crippen LogP contribution in [-0.2, 0) is 14.3 Å². The van der Waals surface area contributed by atoms with Gasteiger partial charge < -0.3 is 20.7 Å². The molecule has 1 aliphatic heterocycles. The molecule has 6 nitrogen and oxygen atoms in total. The molecule has 0 aromatic heterocycles. The van der Waals surface area contributed by atoms with Crippen molar-refractivity contribution in [3.8, 4) is 0 Å². The van der Waals surface area contributed by atoms with Gasteiger partial charge >= 0.3 is 0 Å². The Morgan fingerprint density at radius 1 is 1.48 bits per heavy atom. The molecular formula is C15H21N3O3. The summed E-state index contributed by atoms with van der Waals surface area (Å²) in [6.45, 7) is 0.884. The summed E-state index contributed by atoms with van der Waals surface area (Å²) in [5.74, 6) is -0.181. The van der Waals surface area contributed by atoms with Crippen molar-refractivity contribution in [2.75, 3.05) is 30.5 Å². The number of amides is 2. The number of nitrogens with two attached hydrogens (primary N) is 1. The highest BCUT2D eigenvalue weighted by Gasteiger charge is 2.20. The number of piperidine rings is 1. The van der Waals surface area contributed by atoms with Crippen molar-refractivity contribution in [1.29, 1.82) is 0 Å². The Morgan fingerprint density at radius 3 is 3.00 bits per heavy atom. The van der Waals surface area contributed by atoms with Gasteiger partial charge in [-0.2, -0.15) is 0 Å². The molecule has 6 heteroatoms. The Hall–Kier alpha value is -1.92. The third kappa shape index (κ3) is 4.03. The number of hydrogen-bond donors (Lipinski definition) is 2. The number of carbonyl (C=O) groups is 2. The predicted molar refractivity (Wildman–Crippen MR) is 81.1 cm³/mol. The van der Waals surface area contributed by atoms with Gasteiger partial charge in [-0.05, 0) is 31.0 Å². The molecule has 1 saturated heterocycles. The van der Waals surface area contributed by atoms with Crippen molar-refractivity contribution in [1.82, 2.24) is 0 Å². The number of rotatable bonds is 5. The highest BCUT2D eigenvalue weighted by atomic mass is 16.5. The molecule has 0 spiro atoms. The van der Waals surface area contributed by atoms with Crippen LogP contribution in [0.15, 0.2) is 24.3 Å².